The fraction of sp³-hybridized carbons (Fsp3) is 0.364. The van der Waals surface area contributed by atoms with E-state index in [2.05, 4.69) is 40.8 Å². The first kappa shape index (κ1) is 18.8. The number of halogens is 1. The molecule has 0 aliphatic carbocycles. The molecule has 0 atom stereocenters. The molecule has 138 valence electrons. The number of hydrogen-bond donors (Lipinski definition) is 0. The van der Waals surface area contributed by atoms with Crippen LogP contribution >= 0.6 is 12.4 Å². The van der Waals surface area contributed by atoms with Gasteiger partial charge in [0.25, 0.3) is 0 Å². The lowest BCUT2D eigenvalue weighted by atomic mass is 10.1. The van der Waals surface area contributed by atoms with Crippen LogP contribution in [0.3, 0.4) is 0 Å². The second-order valence-corrected chi connectivity index (χ2v) is 6.94. The number of piperidine rings is 1. The summed E-state index contributed by atoms with van der Waals surface area (Å²) >= 11 is 0. The third-order valence-electron chi connectivity index (χ3n) is 5.29. The molecule has 1 aliphatic rings. The lowest BCUT2D eigenvalue weighted by Gasteiger charge is -2.26. The Morgan fingerprint density at radius 3 is 2.35 bits per heavy atom. The molecule has 2 heterocycles. The number of hydrogen-bond acceptors (Lipinski definition) is 2. The van der Waals surface area contributed by atoms with Crippen molar-refractivity contribution < 1.29 is 4.74 Å². The number of para-hydroxylation sites is 2. The van der Waals surface area contributed by atoms with Crippen LogP contribution in [0.15, 0.2) is 54.6 Å². The van der Waals surface area contributed by atoms with E-state index in [1.165, 1.54) is 54.5 Å². The minimum Gasteiger partial charge on any atom is -0.487 e. The molecule has 1 aromatic heterocycles. The third-order valence-corrected chi connectivity index (χ3v) is 5.29. The van der Waals surface area contributed by atoms with Gasteiger partial charge in [-0.2, -0.15) is 0 Å². The second kappa shape index (κ2) is 8.61. The Kier molecular flexibility index (Phi) is 6.23. The molecule has 0 unspecified atom stereocenters. The van der Waals surface area contributed by atoms with Crippen molar-refractivity contribution in [3.63, 3.8) is 0 Å². The summed E-state index contributed by atoms with van der Waals surface area (Å²) in [5.74, 6) is 0.927. The highest BCUT2D eigenvalue weighted by Gasteiger charge is 2.19. The fourth-order valence-corrected chi connectivity index (χ4v) is 3.89. The van der Waals surface area contributed by atoms with Gasteiger partial charge in [0, 0.05) is 24.5 Å². The summed E-state index contributed by atoms with van der Waals surface area (Å²) in [5, 5.41) is 1.36. The monoisotopic (exact) mass is 370 g/mol. The summed E-state index contributed by atoms with van der Waals surface area (Å²) in [6, 6.07) is 18.8. The maximum atomic E-state index is 6.09. The molecule has 0 spiro atoms. The van der Waals surface area contributed by atoms with Crippen molar-refractivity contribution in [2.45, 2.75) is 32.4 Å². The standard InChI is InChI=1S/C22H26N2O.ClH/c1-23-21-13-7-6-12-19(21)20(16-24-14-8-3-9-15-24)22(23)17-25-18-10-4-2-5-11-18;/h2,4-7,10-13H,3,8-9,14-17H2,1H3;1H. The first-order valence-corrected chi connectivity index (χ1v) is 9.28. The Morgan fingerprint density at radius 1 is 0.885 bits per heavy atom. The summed E-state index contributed by atoms with van der Waals surface area (Å²) < 4.78 is 8.40. The SMILES string of the molecule is Cl.Cn1c(COc2ccccc2)c(CN2CCCCC2)c2ccccc21. The number of rotatable bonds is 5. The van der Waals surface area contributed by atoms with E-state index >= 15 is 0 Å². The largest absolute Gasteiger partial charge is 0.487 e. The highest BCUT2D eigenvalue weighted by molar-refractivity contribution is 5.85. The van der Waals surface area contributed by atoms with Crippen LogP contribution in [0.2, 0.25) is 0 Å². The van der Waals surface area contributed by atoms with Crippen molar-refractivity contribution >= 4 is 23.3 Å². The number of likely N-dealkylation sites (tertiary alicyclic amines) is 1. The Morgan fingerprint density at radius 2 is 1.58 bits per heavy atom. The molecule has 0 saturated carbocycles. The van der Waals surface area contributed by atoms with Crippen LogP contribution in [-0.2, 0) is 20.2 Å². The van der Waals surface area contributed by atoms with Gasteiger partial charge in [0.05, 0.1) is 5.69 Å². The zero-order chi connectivity index (χ0) is 17.1. The fourth-order valence-electron chi connectivity index (χ4n) is 3.89. The first-order valence-electron chi connectivity index (χ1n) is 9.28. The number of aryl methyl sites for hydroxylation is 1. The minimum atomic E-state index is 0. The van der Waals surface area contributed by atoms with Crippen LogP contribution < -0.4 is 4.74 Å². The normalized spacial score (nSPS) is 15.0. The quantitative estimate of drug-likeness (QED) is 0.616. The predicted molar refractivity (Wildman–Crippen MR) is 110 cm³/mol. The van der Waals surface area contributed by atoms with Crippen LogP contribution in [0.25, 0.3) is 10.9 Å². The summed E-state index contributed by atoms with van der Waals surface area (Å²) in [6.45, 7) is 4.05. The molecule has 4 heteroatoms. The zero-order valence-corrected chi connectivity index (χ0v) is 16.2. The molecule has 1 saturated heterocycles. The molecular formula is C22H27ClN2O. The molecule has 26 heavy (non-hydrogen) atoms. The molecule has 2 aromatic carbocycles. The van der Waals surface area contributed by atoms with E-state index in [9.17, 15) is 0 Å². The Bertz CT molecular complexity index is 838. The number of fused-ring (bicyclic) bond motifs is 1. The molecule has 0 radical (unpaired) electrons. The van der Waals surface area contributed by atoms with Gasteiger partial charge in [-0.3, -0.25) is 4.90 Å². The van der Waals surface area contributed by atoms with Gasteiger partial charge in [0.15, 0.2) is 0 Å². The van der Waals surface area contributed by atoms with E-state index in [0.29, 0.717) is 6.61 Å². The van der Waals surface area contributed by atoms with Crippen molar-refractivity contribution in [3.05, 3.63) is 65.9 Å². The van der Waals surface area contributed by atoms with Gasteiger partial charge in [-0.15, -0.1) is 12.4 Å². The Hall–Kier alpha value is -1.97. The van der Waals surface area contributed by atoms with E-state index < -0.39 is 0 Å². The average Bonchev–Trinajstić information content (AvgIpc) is 2.94. The van der Waals surface area contributed by atoms with Gasteiger partial charge >= 0.3 is 0 Å². The lowest BCUT2D eigenvalue weighted by Crippen LogP contribution is -2.29. The average molecular weight is 371 g/mol. The molecule has 3 nitrogen and oxygen atoms in total. The predicted octanol–water partition coefficient (Wildman–Crippen LogP) is 5.17. The van der Waals surface area contributed by atoms with Crippen LogP contribution in [0.5, 0.6) is 5.75 Å². The molecule has 1 fully saturated rings. The maximum absolute atomic E-state index is 6.09. The van der Waals surface area contributed by atoms with Gasteiger partial charge in [-0.1, -0.05) is 42.8 Å². The lowest BCUT2D eigenvalue weighted by molar-refractivity contribution is 0.218. The van der Waals surface area contributed by atoms with Gasteiger partial charge in [-0.25, -0.2) is 0 Å². The van der Waals surface area contributed by atoms with Gasteiger partial charge in [0.1, 0.15) is 12.4 Å². The van der Waals surface area contributed by atoms with Crippen molar-refractivity contribution in [2.24, 2.45) is 7.05 Å². The van der Waals surface area contributed by atoms with E-state index in [0.717, 1.165) is 12.3 Å². The molecule has 3 aromatic rings. The smallest absolute Gasteiger partial charge is 0.129 e. The van der Waals surface area contributed by atoms with Gasteiger partial charge in [0.2, 0.25) is 0 Å². The summed E-state index contributed by atoms with van der Waals surface area (Å²) in [4.78, 5) is 2.59. The first-order chi connectivity index (χ1) is 12.3. The highest BCUT2D eigenvalue weighted by atomic mass is 35.5. The number of benzene rings is 2. The van der Waals surface area contributed by atoms with Crippen molar-refractivity contribution in [1.29, 1.82) is 0 Å². The number of ether oxygens (including phenoxy) is 1. The van der Waals surface area contributed by atoms with E-state index in [-0.39, 0.29) is 12.4 Å². The number of aromatic nitrogens is 1. The Labute approximate surface area is 162 Å². The van der Waals surface area contributed by atoms with Gasteiger partial charge in [-0.05, 0) is 49.7 Å². The summed E-state index contributed by atoms with van der Waals surface area (Å²) in [7, 11) is 2.16. The molecule has 0 N–H and O–H groups in total. The maximum Gasteiger partial charge on any atom is 0.129 e. The molecule has 0 amide bonds. The second-order valence-electron chi connectivity index (χ2n) is 6.94. The third kappa shape index (κ3) is 3.89. The van der Waals surface area contributed by atoms with Crippen molar-refractivity contribution in [1.82, 2.24) is 9.47 Å². The molecular weight excluding hydrogens is 344 g/mol. The zero-order valence-electron chi connectivity index (χ0n) is 15.4. The van der Waals surface area contributed by atoms with Crippen molar-refractivity contribution in [2.75, 3.05) is 13.1 Å². The Balaban J connectivity index is 0.00000196. The summed E-state index contributed by atoms with van der Waals surface area (Å²) in [5.41, 5.74) is 4.01. The van der Waals surface area contributed by atoms with Crippen LogP contribution in [-0.4, -0.2) is 22.6 Å². The van der Waals surface area contributed by atoms with E-state index in [4.69, 9.17) is 4.74 Å². The van der Waals surface area contributed by atoms with E-state index in [1.54, 1.807) is 0 Å². The highest BCUT2D eigenvalue weighted by Crippen LogP contribution is 2.28. The minimum absolute atomic E-state index is 0. The van der Waals surface area contributed by atoms with Crippen LogP contribution in [0.1, 0.15) is 30.5 Å². The van der Waals surface area contributed by atoms with Crippen molar-refractivity contribution in [3.8, 4) is 5.75 Å². The molecule has 1 aliphatic heterocycles. The molecule has 0 bridgehead atoms. The van der Waals surface area contributed by atoms with Crippen LogP contribution in [0, 0.1) is 0 Å². The van der Waals surface area contributed by atoms with Gasteiger partial charge < -0.3 is 9.30 Å². The summed E-state index contributed by atoms with van der Waals surface area (Å²) in [6.07, 6.45) is 4.01. The topological polar surface area (TPSA) is 17.4 Å². The van der Waals surface area contributed by atoms with Crippen LogP contribution in [0.4, 0.5) is 0 Å². The molecule has 4 rings (SSSR count). The number of nitrogens with zero attached hydrogens (tertiary/aromatic N) is 2. The van der Waals surface area contributed by atoms with E-state index in [1.807, 2.05) is 30.3 Å².